The highest BCUT2D eigenvalue weighted by atomic mass is 16.5. The molecule has 5 rings (SSSR count). The largest absolute Gasteiger partial charge is 0.496 e. The van der Waals surface area contributed by atoms with Crippen LogP contribution in [-0.4, -0.2) is 95.5 Å². The summed E-state index contributed by atoms with van der Waals surface area (Å²) in [7, 11) is 7.78. The van der Waals surface area contributed by atoms with Crippen LogP contribution in [0.25, 0.3) is 22.3 Å². The monoisotopic (exact) mass is 816 g/mol. The van der Waals surface area contributed by atoms with Crippen LogP contribution >= 0.6 is 0 Å². The van der Waals surface area contributed by atoms with Gasteiger partial charge in [-0.15, -0.1) is 0 Å². The first kappa shape index (κ1) is 44.5. The van der Waals surface area contributed by atoms with E-state index in [9.17, 15) is 19.2 Å². The Labute approximate surface area is 352 Å². The number of aryl methyl sites for hydroxylation is 1. The number of benzene rings is 4. The average molecular weight is 817 g/mol. The molecular formula is C47H56N6O7. The van der Waals surface area contributed by atoms with E-state index in [4.69, 9.17) is 14.2 Å². The number of unbranched alkanes of at least 4 members (excludes halogenated alkanes) is 1. The summed E-state index contributed by atoms with van der Waals surface area (Å²) in [6.07, 6.45) is 3.96. The summed E-state index contributed by atoms with van der Waals surface area (Å²) in [6.45, 7) is 6.70. The number of amides is 3. The number of nitrogens with zero attached hydrogens (tertiary/aromatic N) is 2. The maximum atomic E-state index is 14.0. The van der Waals surface area contributed by atoms with Crippen molar-refractivity contribution in [3.8, 4) is 33.8 Å². The van der Waals surface area contributed by atoms with Crippen molar-refractivity contribution in [2.24, 2.45) is 4.99 Å². The van der Waals surface area contributed by atoms with Crippen molar-refractivity contribution in [3.05, 3.63) is 119 Å². The Hall–Kier alpha value is -6.63. The lowest BCUT2D eigenvalue weighted by molar-refractivity contribution is -0.145. The van der Waals surface area contributed by atoms with E-state index in [0.29, 0.717) is 58.3 Å². The molecule has 1 heterocycles. The molecule has 0 saturated heterocycles. The van der Waals surface area contributed by atoms with Gasteiger partial charge in [0.25, 0.3) is 5.91 Å². The van der Waals surface area contributed by atoms with Crippen LogP contribution in [0, 0.1) is 0 Å². The number of carbonyl (C=O) groups excluding carboxylic acids is 4. The molecule has 4 bridgehead atoms. The molecule has 3 amide bonds. The fourth-order valence-corrected chi connectivity index (χ4v) is 7.09. The normalized spacial score (nSPS) is 15.4. The van der Waals surface area contributed by atoms with Crippen molar-refractivity contribution < 1.29 is 33.4 Å². The topological polar surface area (TPSA) is 160 Å². The molecule has 0 aliphatic carbocycles. The van der Waals surface area contributed by atoms with Gasteiger partial charge in [0.2, 0.25) is 11.8 Å². The summed E-state index contributed by atoms with van der Waals surface area (Å²) < 4.78 is 16.5. The third-order valence-electron chi connectivity index (χ3n) is 10.6. The average Bonchev–Trinajstić information content (AvgIpc) is 3.27. The molecule has 4 aromatic carbocycles. The highest BCUT2D eigenvalue weighted by Crippen LogP contribution is 2.40. The number of ether oxygens (including phenoxy) is 3. The number of fused-ring (bicyclic) bond motifs is 5. The predicted octanol–water partition coefficient (Wildman–Crippen LogP) is 5.64. The fraction of sp³-hybridized carbons (Fsp3) is 0.340. The highest BCUT2D eigenvalue weighted by Gasteiger charge is 2.30. The molecule has 1 aliphatic heterocycles. The number of aliphatic imine (C=N–C) groups is 1. The maximum absolute atomic E-state index is 14.0. The van der Waals surface area contributed by atoms with E-state index in [-0.39, 0.29) is 25.4 Å². The van der Waals surface area contributed by atoms with Gasteiger partial charge in [-0.3, -0.25) is 19.4 Å². The Morgan fingerprint density at radius 2 is 1.53 bits per heavy atom. The van der Waals surface area contributed by atoms with Crippen LogP contribution in [0.2, 0.25) is 0 Å². The van der Waals surface area contributed by atoms with Gasteiger partial charge in [0.05, 0.1) is 34.4 Å². The van der Waals surface area contributed by atoms with Gasteiger partial charge in [-0.25, -0.2) is 4.79 Å². The van der Waals surface area contributed by atoms with Crippen molar-refractivity contribution in [2.45, 2.75) is 51.1 Å². The lowest BCUT2D eigenvalue weighted by Crippen LogP contribution is -2.48. The summed E-state index contributed by atoms with van der Waals surface area (Å²) in [4.78, 5) is 59.0. The minimum Gasteiger partial charge on any atom is -0.496 e. The van der Waals surface area contributed by atoms with Crippen molar-refractivity contribution in [3.63, 3.8) is 0 Å². The van der Waals surface area contributed by atoms with Crippen LogP contribution in [0.5, 0.6) is 11.5 Å². The first-order valence-electron chi connectivity index (χ1n) is 20.1. The van der Waals surface area contributed by atoms with Crippen LogP contribution in [0.4, 0.5) is 0 Å². The Kier molecular flexibility index (Phi) is 15.9. The van der Waals surface area contributed by atoms with E-state index >= 15 is 0 Å². The molecule has 0 aromatic heterocycles. The highest BCUT2D eigenvalue weighted by molar-refractivity contribution is 5.97. The van der Waals surface area contributed by atoms with Crippen molar-refractivity contribution >= 4 is 29.5 Å². The second-order valence-corrected chi connectivity index (χ2v) is 14.5. The zero-order chi connectivity index (χ0) is 43.2. The van der Waals surface area contributed by atoms with Crippen molar-refractivity contribution in [1.29, 1.82) is 0 Å². The fourth-order valence-electron chi connectivity index (χ4n) is 7.09. The lowest BCUT2D eigenvalue weighted by atomic mass is 9.94. The predicted molar refractivity (Wildman–Crippen MR) is 234 cm³/mol. The van der Waals surface area contributed by atoms with E-state index in [0.717, 1.165) is 29.5 Å². The third-order valence-corrected chi connectivity index (χ3v) is 10.6. The van der Waals surface area contributed by atoms with E-state index in [1.807, 2.05) is 42.5 Å². The van der Waals surface area contributed by atoms with E-state index in [2.05, 4.69) is 64.0 Å². The van der Waals surface area contributed by atoms with Gasteiger partial charge < -0.3 is 40.4 Å². The van der Waals surface area contributed by atoms with Gasteiger partial charge in [-0.2, -0.15) is 0 Å². The van der Waals surface area contributed by atoms with E-state index < -0.39 is 29.9 Å². The van der Waals surface area contributed by atoms with Gasteiger partial charge in [-0.1, -0.05) is 68.5 Å². The Morgan fingerprint density at radius 3 is 2.17 bits per heavy atom. The molecule has 2 atom stereocenters. The molecule has 0 radical (unpaired) electrons. The minimum atomic E-state index is -0.997. The summed E-state index contributed by atoms with van der Waals surface area (Å²) in [5, 5.41) is 11.7. The molecule has 60 heavy (non-hydrogen) atoms. The SMILES string of the molecule is C=C(CCNC(CNC(=O)c1ccc(-c2ccc(CCCC)cc2)cc1)=NC)N(C)C1C(=O)NCC(=O)NC(C(=O)OC)Cc2ccc(OC)c(c2)-c2cc1ccc2OC. The van der Waals surface area contributed by atoms with Gasteiger partial charge in [0, 0.05) is 55.9 Å². The first-order valence-corrected chi connectivity index (χ1v) is 20.1. The molecule has 316 valence electrons. The summed E-state index contributed by atoms with van der Waals surface area (Å²) in [5.74, 6) is -0.193. The molecule has 13 heteroatoms. The van der Waals surface area contributed by atoms with Crippen LogP contribution in [0.15, 0.2) is 102 Å². The van der Waals surface area contributed by atoms with Crippen molar-refractivity contribution in [1.82, 2.24) is 26.2 Å². The number of esters is 1. The second-order valence-electron chi connectivity index (χ2n) is 14.5. The summed E-state index contributed by atoms with van der Waals surface area (Å²) in [5.41, 5.74) is 7.31. The Morgan fingerprint density at radius 1 is 0.883 bits per heavy atom. The number of amidine groups is 1. The Bertz CT molecular complexity index is 2190. The van der Waals surface area contributed by atoms with Crippen molar-refractivity contribution in [2.75, 3.05) is 55.1 Å². The zero-order valence-corrected chi connectivity index (χ0v) is 35.4. The number of hydrogen-bond acceptors (Lipinski definition) is 9. The van der Waals surface area contributed by atoms with Gasteiger partial charge in [0.15, 0.2) is 0 Å². The zero-order valence-electron chi connectivity index (χ0n) is 35.4. The number of hydrogen-bond donors (Lipinski definition) is 4. The molecule has 0 saturated carbocycles. The quantitative estimate of drug-likeness (QED) is 0.0678. The molecule has 1 aliphatic rings. The lowest BCUT2D eigenvalue weighted by Gasteiger charge is -2.32. The molecule has 0 spiro atoms. The molecule has 4 aromatic rings. The smallest absolute Gasteiger partial charge is 0.328 e. The second kappa shape index (κ2) is 21.4. The minimum absolute atomic E-state index is 0.143. The number of likely N-dealkylation sites (N-methyl/N-ethyl adjacent to an activating group) is 1. The van der Waals surface area contributed by atoms with Gasteiger partial charge in [0.1, 0.15) is 29.4 Å². The van der Waals surface area contributed by atoms with Gasteiger partial charge >= 0.3 is 5.97 Å². The van der Waals surface area contributed by atoms with Gasteiger partial charge in [-0.05, 0) is 77.1 Å². The summed E-state index contributed by atoms with van der Waals surface area (Å²) in [6, 6.07) is 25.1. The number of nitrogens with one attached hydrogen (secondary N) is 4. The number of methoxy groups -OCH3 is 3. The maximum Gasteiger partial charge on any atom is 0.328 e. The van der Waals surface area contributed by atoms with E-state index in [1.165, 1.54) is 19.1 Å². The molecule has 2 unspecified atom stereocenters. The Balaban J connectivity index is 1.26. The summed E-state index contributed by atoms with van der Waals surface area (Å²) >= 11 is 0. The van der Waals surface area contributed by atoms with Crippen LogP contribution in [0.1, 0.15) is 59.3 Å². The number of carbonyl (C=O) groups is 4. The van der Waals surface area contributed by atoms with Crippen LogP contribution in [0.3, 0.4) is 0 Å². The molecular weight excluding hydrogens is 761 g/mol. The standard InChI is InChI=1S/C47H56N6O7/c1-8-9-10-31-11-14-33(15-12-31)34-16-18-35(19-17-34)45(55)50-28-42(48-3)49-24-23-30(2)53(4)44-36-20-22-41(59-6)38(27-36)37-25-32(13-21-40(37)58-5)26-39(47(57)60-7)52-43(54)29-51-46(44)56/h11-22,25,27,39,44H,2,8-10,23-24,26,28-29H2,1,3-7H3,(H,48,49)(H,50,55)(H,51,56)(H,52,54). The molecule has 0 fully saturated rings. The molecule has 13 nitrogen and oxygen atoms in total. The first-order chi connectivity index (χ1) is 29.0. The van der Waals surface area contributed by atoms with E-state index in [1.54, 1.807) is 51.4 Å². The van der Waals surface area contributed by atoms with Crippen LogP contribution in [-0.2, 0) is 32.0 Å². The number of rotatable bonds is 15. The molecule has 4 N–H and O–H groups in total. The third kappa shape index (κ3) is 11.3. The van der Waals surface area contributed by atoms with Crippen LogP contribution < -0.4 is 30.7 Å².